The molecule has 35 heavy (non-hydrogen) atoms. The number of benzene rings is 2. The second-order valence-electron chi connectivity index (χ2n) is 6.59. The fourth-order valence-corrected chi connectivity index (χ4v) is 2.92. The second kappa shape index (κ2) is 12.0. The first-order chi connectivity index (χ1) is 16.7. The summed E-state index contributed by atoms with van der Waals surface area (Å²) in [5, 5.41) is 22.5. The summed E-state index contributed by atoms with van der Waals surface area (Å²) in [6.45, 7) is 0.0713. The third-order valence-electron chi connectivity index (χ3n) is 4.57. The maximum absolute atomic E-state index is 11.9. The van der Waals surface area contributed by atoms with Crippen molar-refractivity contribution in [2.45, 2.75) is 6.42 Å². The molecule has 0 radical (unpaired) electrons. The zero-order chi connectivity index (χ0) is 26.1. The molecule has 0 saturated carbocycles. The molecule has 0 N–H and O–H groups in total. The van der Waals surface area contributed by atoms with Crippen molar-refractivity contribution in [2.75, 3.05) is 41.7 Å². The van der Waals surface area contributed by atoms with Gasteiger partial charge in [-0.15, -0.1) is 0 Å². The van der Waals surface area contributed by atoms with Gasteiger partial charge in [0, 0.05) is 18.6 Å². The molecule has 0 aliphatic carbocycles. The summed E-state index contributed by atoms with van der Waals surface area (Å²) in [5.41, 5.74) is -1.63. The van der Waals surface area contributed by atoms with E-state index in [0.29, 0.717) is 0 Å². The Labute approximate surface area is 198 Å². The molecule has 188 valence electrons. The molecule has 0 bridgehead atoms. The average Bonchev–Trinajstić information content (AvgIpc) is 2.86. The lowest BCUT2D eigenvalue weighted by molar-refractivity contribution is -0.385. The van der Waals surface area contributed by atoms with Gasteiger partial charge in [-0.1, -0.05) is 0 Å². The van der Waals surface area contributed by atoms with Crippen molar-refractivity contribution in [1.29, 1.82) is 0 Å². The number of hydrogen-bond donors (Lipinski definition) is 0. The predicted octanol–water partition coefficient (Wildman–Crippen LogP) is 2.94. The average molecular weight is 494 g/mol. The highest BCUT2D eigenvalue weighted by molar-refractivity contribution is 5.95. The fraction of sp³-hybridized carbons (Fsp3) is 0.333. The molecule has 2 aromatic rings. The molecule has 0 spiro atoms. The topological polar surface area (TPSA) is 176 Å². The molecule has 14 nitrogen and oxygen atoms in total. The van der Waals surface area contributed by atoms with Crippen LogP contribution in [-0.2, 0) is 9.47 Å². The first-order valence-electron chi connectivity index (χ1n) is 9.83. The number of methoxy groups -OCH3 is 4. The van der Waals surface area contributed by atoms with Crippen molar-refractivity contribution < 1.29 is 47.9 Å². The quantitative estimate of drug-likeness (QED) is 0.183. The first kappa shape index (κ1) is 26.6. The number of carbonyl (C=O) groups is 2. The largest absolute Gasteiger partial charge is 0.493 e. The van der Waals surface area contributed by atoms with Crippen LogP contribution in [0.5, 0.6) is 23.0 Å². The van der Waals surface area contributed by atoms with Crippen LogP contribution in [-0.4, -0.2) is 63.4 Å². The van der Waals surface area contributed by atoms with Crippen molar-refractivity contribution in [2.24, 2.45) is 0 Å². The number of rotatable bonds is 12. The lowest BCUT2D eigenvalue weighted by Gasteiger charge is -2.14. The van der Waals surface area contributed by atoms with Crippen LogP contribution >= 0.6 is 0 Å². The maximum atomic E-state index is 11.9. The van der Waals surface area contributed by atoms with E-state index < -0.39 is 33.2 Å². The van der Waals surface area contributed by atoms with E-state index in [2.05, 4.69) is 9.47 Å². The zero-order valence-corrected chi connectivity index (χ0v) is 19.2. The summed E-state index contributed by atoms with van der Waals surface area (Å²) < 4.78 is 30.6. The summed E-state index contributed by atoms with van der Waals surface area (Å²) in [7, 11) is 4.75. The van der Waals surface area contributed by atoms with E-state index in [9.17, 15) is 29.8 Å². The van der Waals surface area contributed by atoms with Crippen LogP contribution in [0.3, 0.4) is 0 Å². The van der Waals surface area contributed by atoms with Crippen LogP contribution in [0.1, 0.15) is 27.1 Å². The molecule has 0 saturated heterocycles. The highest BCUT2D eigenvalue weighted by atomic mass is 16.6. The van der Waals surface area contributed by atoms with Gasteiger partial charge in [0.05, 0.1) is 63.6 Å². The van der Waals surface area contributed by atoms with E-state index in [-0.39, 0.29) is 53.8 Å². The van der Waals surface area contributed by atoms with Crippen molar-refractivity contribution in [3.05, 3.63) is 55.6 Å². The van der Waals surface area contributed by atoms with E-state index in [0.717, 1.165) is 38.5 Å². The van der Waals surface area contributed by atoms with Crippen molar-refractivity contribution in [3.63, 3.8) is 0 Å². The van der Waals surface area contributed by atoms with Crippen LogP contribution in [0.2, 0.25) is 0 Å². The van der Waals surface area contributed by atoms with E-state index in [1.54, 1.807) is 0 Å². The lowest BCUT2D eigenvalue weighted by atomic mass is 10.1. The van der Waals surface area contributed by atoms with E-state index in [4.69, 9.17) is 18.9 Å². The zero-order valence-electron chi connectivity index (χ0n) is 19.2. The maximum Gasteiger partial charge on any atom is 0.345 e. The van der Waals surface area contributed by atoms with Gasteiger partial charge in [-0.3, -0.25) is 20.2 Å². The Morgan fingerprint density at radius 1 is 0.686 bits per heavy atom. The third kappa shape index (κ3) is 6.25. The van der Waals surface area contributed by atoms with E-state index >= 15 is 0 Å². The molecule has 14 heteroatoms. The fourth-order valence-electron chi connectivity index (χ4n) is 2.92. The Morgan fingerprint density at radius 2 is 1.06 bits per heavy atom. The van der Waals surface area contributed by atoms with Gasteiger partial charge < -0.3 is 28.4 Å². The Bertz CT molecular complexity index is 1040. The minimum absolute atomic E-state index is 0.0324. The standard InChI is InChI=1S/C21H22N2O12/c1-30-16-10-14(22(26)27)12(20(24)32-3)8-18(16)34-6-5-7-35-19-9-13(21(25)33-4)15(23(28)29)11-17(19)31-2/h8-11H,5-7H2,1-4H3. The molecule has 0 aliphatic heterocycles. The van der Waals surface area contributed by atoms with Crippen LogP contribution in [0.15, 0.2) is 24.3 Å². The van der Waals surface area contributed by atoms with Gasteiger partial charge in [-0.25, -0.2) is 9.59 Å². The summed E-state index contributed by atoms with van der Waals surface area (Å²) in [5.74, 6) is -1.63. The van der Waals surface area contributed by atoms with Gasteiger partial charge in [0.15, 0.2) is 23.0 Å². The summed E-state index contributed by atoms with van der Waals surface area (Å²) >= 11 is 0. The highest BCUT2D eigenvalue weighted by Crippen LogP contribution is 2.36. The van der Waals surface area contributed by atoms with Gasteiger partial charge in [0.1, 0.15) is 11.1 Å². The number of esters is 2. The number of hydrogen-bond acceptors (Lipinski definition) is 12. The second-order valence-corrected chi connectivity index (χ2v) is 6.59. The monoisotopic (exact) mass is 494 g/mol. The molecule has 2 aromatic carbocycles. The van der Waals surface area contributed by atoms with Crippen molar-refractivity contribution in [3.8, 4) is 23.0 Å². The Kier molecular flexibility index (Phi) is 9.14. The van der Waals surface area contributed by atoms with Gasteiger partial charge in [-0.05, 0) is 0 Å². The molecular formula is C21H22N2O12. The number of nitro benzene ring substituents is 2. The lowest BCUT2D eigenvalue weighted by Crippen LogP contribution is -2.10. The Morgan fingerprint density at radius 3 is 1.34 bits per heavy atom. The minimum atomic E-state index is -0.917. The number of nitro groups is 2. The molecule has 2 rings (SSSR count). The van der Waals surface area contributed by atoms with Crippen molar-refractivity contribution in [1.82, 2.24) is 0 Å². The number of ether oxygens (including phenoxy) is 6. The highest BCUT2D eigenvalue weighted by Gasteiger charge is 2.26. The SMILES string of the molecule is COC(=O)c1cc(OCCCOc2cc(C(=O)OC)c([N+](=O)[O-])cc2OC)c(OC)cc1[N+](=O)[O-]. The van der Waals surface area contributed by atoms with E-state index in [1.807, 2.05) is 0 Å². The number of nitrogens with zero attached hydrogens (tertiary/aromatic N) is 2. The summed E-state index contributed by atoms with van der Waals surface area (Å²) in [6.07, 6.45) is 0.265. The normalized spacial score (nSPS) is 10.2. The number of carbonyl (C=O) groups excluding carboxylic acids is 2. The Hall–Kier alpha value is -4.62. The van der Waals surface area contributed by atoms with Gasteiger partial charge >= 0.3 is 11.9 Å². The molecule has 0 atom stereocenters. The first-order valence-corrected chi connectivity index (χ1v) is 9.83. The van der Waals surface area contributed by atoms with Crippen LogP contribution in [0.25, 0.3) is 0 Å². The van der Waals surface area contributed by atoms with Crippen LogP contribution < -0.4 is 18.9 Å². The Balaban J connectivity index is 2.14. The van der Waals surface area contributed by atoms with Gasteiger partial charge in [-0.2, -0.15) is 0 Å². The van der Waals surface area contributed by atoms with Gasteiger partial charge in [0.2, 0.25) is 0 Å². The van der Waals surface area contributed by atoms with Crippen molar-refractivity contribution >= 4 is 23.3 Å². The third-order valence-corrected chi connectivity index (χ3v) is 4.57. The predicted molar refractivity (Wildman–Crippen MR) is 118 cm³/mol. The minimum Gasteiger partial charge on any atom is -0.493 e. The molecule has 0 aromatic heterocycles. The molecular weight excluding hydrogens is 472 g/mol. The molecule has 0 heterocycles. The van der Waals surface area contributed by atoms with E-state index in [1.165, 1.54) is 14.2 Å². The molecule has 0 unspecified atom stereocenters. The van der Waals surface area contributed by atoms with Crippen LogP contribution in [0, 0.1) is 20.2 Å². The summed E-state index contributed by atoms with van der Waals surface area (Å²) in [6, 6.07) is 4.39. The smallest absolute Gasteiger partial charge is 0.345 e. The molecule has 0 aliphatic rings. The molecule has 0 amide bonds. The molecule has 0 fully saturated rings. The van der Waals surface area contributed by atoms with Gasteiger partial charge in [0.25, 0.3) is 11.4 Å². The van der Waals surface area contributed by atoms with Crippen LogP contribution in [0.4, 0.5) is 11.4 Å². The summed E-state index contributed by atoms with van der Waals surface area (Å²) in [4.78, 5) is 44.9.